The van der Waals surface area contributed by atoms with Crippen LogP contribution in [0.1, 0.15) is 43.0 Å². The molecular formula is C24H29N3O2S. The maximum atomic E-state index is 12.6. The topological polar surface area (TPSA) is 70.6 Å². The highest BCUT2D eigenvalue weighted by Crippen LogP contribution is 2.30. The van der Waals surface area contributed by atoms with Gasteiger partial charge in [-0.1, -0.05) is 30.2 Å². The summed E-state index contributed by atoms with van der Waals surface area (Å²) in [6.07, 6.45) is 16.9. The molecule has 1 aliphatic rings. The summed E-state index contributed by atoms with van der Waals surface area (Å²) in [6.45, 7) is 6.27. The molecule has 0 radical (unpaired) electrons. The van der Waals surface area contributed by atoms with E-state index in [1.54, 1.807) is 23.9 Å². The summed E-state index contributed by atoms with van der Waals surface area (Å²) in [5.41, 5.74) is 1.14. The van der Waals surface area contributed by atoms with Gasteiger partial charge in [0.05, 0.1) is 5.69 Å². The molecule has 158 valence electrons. The lowest BCUT2D eigenvalue weighted by Crippen LogP contribution is -2.45. The molecule has 0 aromatic heterocycles. The number of rotatable bonds is 9. The van der Waals surface area contributed by atoms with E-state index in [0.29, 0.717) is 24.2 Å². The van der Waals surface area contributed by atoms with Gasteiger partial charge < -0.3 is 10.6 Å². The molecule has 1 fully saturated rings. The highest BCUT2D eigenvalue weighted by molar-refractivity contribution is 7.99. The van der Waals surface area contributed by atoms with Crippen LogP contribution in [0.5, 0.6) is 0 Å². The maximum Gasteiger partial charge on any atom is 0.252 e. The Labute approximate surface area is 183 Å². The highest BCUT2D eigenvalue weighted by Gasteiger charge is 2.23. The molecule has 0 aliphatic carbocycles. The van der Waals surface area contributed by atoms with Gasteiger partial charge in [0.1, 0.15) is 6.04 Å². The Morgan fingerprint density at radius 2 is 2.27 bits per heavy atom. The second kappa shape index (κ2) is 12.7. The van der Waals surface area contributed by atoms with Crippen LogP contribution < -0.4 is 10.6 Å². The van der Waals surface area contributed by atoms with Crippen LogP contribution in [0.15, 0.2) is 52.4 Å². The smallest absolute Gasteiger partial charge is 0.252 e. The van der Waals surface area contributed by atoms with Crippen molar-refractivity contribution >= 4 is 36.0 Å². The molecule has 30 heavy (non-hydrogen) atoms. The zero-order valence-corrected chi connectivity index (χ0v) is 18.2. The Morgan fingerprint density at radius 1 is 1.43 bits per heavy atom. The van der Waals surface area contributed by atoms with Crippen LogP contribution in [0.3, 0.4) is 0 Å². The minimum Gasteiger partial charge on any atom is -0.354 e. The second-order valence-corrected chi connectivity index (χ2v) is 8.12. The van der Waals surface area contributed by atoms with Crippen molar-refractivity contribution in [2.24, 2.45) is 10.9 Å². The molecule has 2 N–H and O–H groups in total. The maximum absolute atomic E-state index is 12.6. The summed E-state index contributed by atoms with van der Waals surface area (Å²) in [7, 11) is 0. The van der Waals surface area contributed by atoms with Crippen molar-refractivity contribution in [1.82, 2.24) is 10.6 Å². The lowest BCUT2D eigenvalue weighted by molar-refractivity contribution is -0.122. The average molecular weight is 424 g/mol. The van der Waals surface area contributed by atoms with E-state index >= 15 is 0 Å². The fourth-order valence-corrected chi connectivity index (χ4v) is 3.79. The minimum absolute atomic E-state index is 0.120. The summed E-state index contributed by atoms with van der Waals surface area (Å²) < 4.78 is 0. The van der Waals surface area contributed by atoms with Gasteiger partial charge in [-0.05, 0) is 57.5 Å². The van der Waals surface area contributed by atoms with Gasteiger partial charge in [-0.25, -0.2) is 0 Å². The fraction of sp³-hybridized carbons (Fsp3) is 0.375. The number of amides is 2. The van der Waals surface area contributed by atoms with E-state index in [0.717, 1.165) is 29.9 Å². The molecule has 6 heteroatoms. The molecule has 2 atom stereocenters. The van der Waals surface area contributed by atoms with Crippen molar-refractivity contribution in [2.45, 2.75) is 43.5 Å². The third-order valence-corrected chi connectivity index (χ3v) is 5.71. The standard InChI is InChI=1S/C24H29N3O2S/c1-4-18(2)11-7-5-6-10-16-30-22-14-13-19(17-21(22)25-3)23(28)27-20-12-8-9-15-26-24(20)29/h1,6-7,10-11,13-14,17-18,20H,3,5,8-9,12,15-16H2,2H3,(H,26,29)(H,27,28)/b10-6-,11-7-. The minimum atomic E-state index is -0.489. The Kier molecular flexibility index (Phi) is 9.96. The Hall–Kier alpha value is -2.78. The highest BCUT2D eigenvalue weighted by atomic mass is 32.2. The van der Waals surface area contributed by atoms with Crippen molar-refractivity contribution in [1.29, 1.82) is 0 Å². The summed E-state index contributed by atoms with van der Waals surface area (Å²) in [5, 5.41) is 5.66. The summed E-state index contributed by atoms with van der Waals surface area (Å²) >= 11 is 1.63. The molecule has 1 aromatic rings. The molecule has 1 aliphatic heterocycles. The normalized spacial score (nSPS) is 17.9. The molecule has 5 nitrogen and oxygen atoms in total. The van der Waals surface area contributed by atoms with Crippen molar-refractivity contribution in [3.8, 4) is 12.3 Å². The molecule has 0 saturated carbocycles. The number of hydrogen-bond donors (Lipinski definition) is 2. The predicted molar refractivity (Wildman–Crippen MR) is 125 cm³/mol. The first kappa shape index (κ1) is 23.5. The van der Waals surface area contributed by atoms with Gasteiger partial charge in [-0.15, -0.1) is 18.2 Å². The van der Waals surface area contributed by atoms with E-state index in [9.17, 15) is 9.59 Å². The quantitative estimate of drug-likeness (QED) is 0.270. The van der Waals surface area contributed by atoms with E-state index in [1.807, 2.05) is 19.1 Å². The number of hydrogen-bond acceptors (Lipinski definition) is 4. The van der Waals surface area contributed by atoms with Crippen molar-refractivity contribution in [3.05, 3.63) is 48.1 Å². The van der Waals surface area contributed by atoms with E-state index in [1.165, 1.54) is 0 Å². The number of nitrogens with one attached hydrogen (secondary N) is 2. The van der Waals surface area contributed by atoms with Gasteiger partial charge >= 0.3 is 0 Å². The lowest BCUT2D eigenvalue weighted by Gasteiger charge is -2.15. The first-order valence-corrected chi connectivity index (χ1v) is 11.1. The summed E-state index contributed by atoms with van der Waals surface area (Å²) in [6, 6.07) is 4.86. The Morgan fingerprint density at radius 3 is 3.03 bits per heavy atom. The number of carbonyl (C=O) groups is 2. The van der Waals surface area contributed by atoms with Gasteiger partial charge in [-0.2, -0.15) is 0 Å². The molecule has 0 bridgehead atoms. The van der Waals surface area contributed by atoms with Crippen molar-refractivity contribution in [3.63, 3.8) is 0 Å². The number of terminal acetylenes is 1. The molecule has 2 unspecified atom stereocenters. The van der Waals surface area contributed by atoms with Crippen LogP contribution in [-0.4, -0.2) is 36.9 Å². The van der Waals surface area contributed by atoms with E-state index in [2.05, 4.69) is 46.5 Å². The van der Waals surface area contributed by atoms with Crippen LogP contribution in [0, 0.1) is 18.3 Å². The second-order valence-electron chi connectivity index (χ2n) is 7.06. The number of allylic oxidation sites excluding steroid dienone is 3. The lowest BCUT2D eigenvalue weighted by atomic mass is 10.1. The average Bonchev–Trinajstić information content (AvgIpc) is 2.96. The van der Waals surface area contributed by atoms with Crippen LogP contribution in [-0.2, 0) is 4.79 Å². The molecular weight excluding hydrogens is 394 g/mol. The third kappa shape index (κ3) is 7.57. The van der Waals surface area contributed by atoms with E-state index in [-0.39, 0.29) is 17.7 Å². The van der Waals surface area contributed by atoms with Gasteiger partial charge in [0.25, 0.3) is 5.91 Å². The molecule has 1 heterocycles. The molecule has 2 rings (SSSR count). The zero-order chi connectivity index (χ0) is 21.8. The van der Waals surface area contributed by atoms with Crippen molar-refractivity contribution < 1.29 is 9.59 Å². The first-order valence-electron chi connectivity index (χ1n) is 10.1. The SMILES string of the molecule is C#CC(C)/C=C\C/C=C\CSc1ccc(C(=O)NC2CCCCNC2=O)cc1N=C. The first-order chi connectivity index (χ1) is 14.5. The molecule has 1 saturated heterocycles. The number of aliphatic imine (C=N–C) groups is 1. The largest absolute Gasteiger partial charge is 0.354 e. The van der Waals surface area contributed by atoms with Crippen molar-refractivity contribution in [2.75, 3.05) is 12.3 Å². The monoisotopic (exact) mass is 423 g/mol. The van der Waals surface area contributed by atoms with Gasteiger partial charge in [-0.3, -0.25) is 14.6 Å². The number of carbonyl (C=O) groups excluding carboxylic acids is 2. The summed E-state index contributed by atoms with van der Waals surface area (Å²) in [5.74, 6) is 3.21. The molecule has 1 aromatic carbocycles. The van der Waals surface area contributed by atoms with Crippen LogP contribution in [0.25, 0.3) is 0 Å². The Balaban J connectivity index is 1.91. The van der Waals surface area contributed by atoms with Gasteiger partial charge in [0.15, 0.2) is 0 Å². The van der Waals surface area contributed by atoms with Crippen LogP contribution in [0.4, 0.5) is 5.69 Å². The number of benzene rings is 1. The molecule has 0 spiro atoms. The third-order valence-electron chi connectivity index (χ3n) is 4.69. The van der Waals surface area contributed by atoms with Gasteiger partial charge in [0.2, 0.25) is 5.91 Å². The number of thioether (sulfide) groups is 1. The molecule has 2 amide bonds. The Bertz CT molecular complexity index is 854. The fourth-order valence-electron chi connectivity index (χ4n) is 2.94. The zero-order valence-electron chi connectivity index (χ0n) is 17.4. The predicted octanol–water partition coefficient (Wildman–Crippen LogP) is 4.28. The van der Waals surface area contributed by atoms with Gasteiger partial charge in [0, 0.05) is 28.7 Å². The van der Waals surface area contributed by atoms with Crippen LogP contribution >= 0.6 is 11.8 Å². The number of nitrogens with zero attached hydrogens (tertiary/aromatic N) is 1. The summed E-state index contributed by atoms with van der Waals surface area (Å²) in [4.78, 5) is 29.6. The van der Waals surface area contributed by atoms with E-state index < -0.39 is 6.04 Å². The van der Waals surface area contributed by atoms with Crippen LogP contribution in [0.2, 0.25) is 0 Å². The van der Waals surface area contributed by atoms with E-state index in [4.69, 9.17) is 6.42 Å².